The molecule has 1 heterocycles. The highest BCUT2D eigenvalue weighted by Crippen LogP contribution is 2.26. The van der Waals surface area contributed by atoms with E-state index in [2.05, 4.69) is 20.8 Å². The smallest absolute Gasteiger partial charge is 0.231 e. The molecule has 0 saturated carbocycles. The summed E-state index contributed by atoms with van der Waals surface area (Å²) in [5.41, 5.74) is 3.53. The molecule has 0 fully saturated rings. The third-order valence-electron chi connectivity index (χ3n) is 5.02. The van der Waals surface area contributed by atoms with Gasteiger partial charge in [-0.15, -0.1) is 5.10 Å². The number of methoxy groups -OCH3 is 1. The summed E-state index contributed by atoms with van der Waals surface area (Å²) in [6, 6.07) is 17.6. The zero-order valence-electron chi connectivity index (χ0n) is 16.5. The minimum absolute atomic E-state index is 0.0626. The Hall–Kier alpha value is -3.74. The Bertz CT molecular complexity index is 1170. The van der Waals surface area contributed by atoms with Gasteiger partial charge in [0.05, 0.1) is 18.7 Å². The van der Waals surface area contributed by atoms with Crippen molar-refractivity contribution in [1.29, 1.82) is 0 Å². The van der Waals surface area contributed by atoms with Crippen molar-refractivity contribution in [3.8, 4) is 11.4 Å². The Labute approximate surface area is 168 Å². The lowest BCUT2D eigenvalue weighted by Crippen LogP contribution is -2.19. The van der Waals surface area contributed by atoms with Gasteiger partial charge < -0.3 is 10.1 Å². The number of anilines is 1. The highest BCUT2D eigenvalue weighted by molar-refractivity contribution is 5.96. The first-order valence-corrected chi connectivity index (χ1v) is 9.28. The Kier molecular flexibility index (Phi) is 4.95. The number of carbonyl (C=O) groups is 1. The summed E-state index contributed by atoms with van der Waals surface area (Å²) < 4.78 is 6.86. The van der Waals surface area contributed by atoms with Crippen molar-refractivity contribution in [2.45, 2.75) is 19.8 Å². The molecule has 1 N–H and O–H groups in total. The van der Waals surface area contributed by atoms with Crippen LogP contribution in [-0.2, 0) is 4.79 Å². The maximum absolute atomic E-state index is 12.8. The van der Waals surface area contributed by atoms with E-state index < -0.39 is 0 Å². The molecule has 1 atom stereocenters. The summed E-state index contributed by atoms with van der Waals surface area (Å²) in [5, 5.41) is 16.4. The lowest BCUT2D eigenvalue weighted by atomic mass is 9.97. The van der Waals surface area contributed by atoms with Gasteiger partial charge in [-0.2, -0.15) is 0 Å². The molecule has 0 saturated heterocycles. The summed E-state index contributed by atoms with van der Waals surface area (Å²) in [6.07, 6.45) is 1.54. The Morgan fingerprint density at radius 3 is 2.59 bits per heavy atom. The number of nitrogens with one attached hydrogen (secondary N) is 1. The zero-order chi connectivity index (χ0) is 20.4. The molecule has 0 aliphatic heterocycles. The van der Waals surface area contributed by atoms with Crippen LogP contribution in [0.25, 0.3) is 16.5 Å². The van der Waals surface area contributed by atoms with E-state index in [0.717, 1.165) is 39.0 Å². The minimum atomic E-state index is -0.291. The monoisotopic (exact) mass is 387 g/mol. The SMILES string of the molecule is COc1ccc2cc([C@@H](C)C(=O)Nc3ccc(-n4cnnn4)c(C)c3)ccc2c1. The van der Waals surface area contributed by atoms with Gasteiger partial charge >= 0.3 is 0 Å². The largest absolute Gasteiger partial charge is 0.497 e. The molecule has 4 aromatic rings. The lowest BCUT2D eigenvalue weighted by molar-refractivity contribution is -0.117. The van der Waals surface area contributed by atoms with Crippen LogP contribution in [0, 0.1) is 6.92 Å². The molecule has 29 heavy (non-hydrogen) atoms. The summed E-state index contributed by atoms with van der Waals surface area (Å²) in [4.78, 5) is 12.8. The van der Waals surface area contributed by atoms with Crippen LogP contribution in [0.3, 0.4) is 0 Å². The molecular weight excluding hydrogens is 366 g/mol. The van der Waals surface area contributed by atoms with Crippen molar-refractivity contribution >= 4 is 22.4 Å². The van der Waals surface area contributed by atoms with E-state index in [1.54, 1.807) is 11.8 Å². The number of fused-ring (bicyclic) bond motifs is 1. The molecule has 0 spiro atoms. The Morgan fingerprint density at radius 2 is 1.86 bits per heavy atom. The maximum atomic E-state index is 12.8. The zero-order valence-corrected chi connectivity index (χ0v) is 16.5. The predicted octanol–water partition coefficient (Wildman–Crippen LogP) is 3.87. The van der Waals surface area contributed by atoms with E-state index >= 15 is 0 Å². The van der Waals surface area contributed by atoms with Crippen molar-refractivity contribution in [1.82, 2.24) is 20.2 Å². The predicted molar refractivity (Wildman–Crippen MR) is 111 cm³/mol. The second kappa shape index (κ2) is 7.71. The minimum Gasteiger partial charge on any atom is -0.497 e. The Balaban J connectivity index is 1.52. The van der Waals surface area contributed by atoms with E-state index in [1.165, 1.54) is 6.33 Å². The van der Waals surface area contributed by atoms with Gasteiger partial charge in [0.2, 0.25) is 5.91 Å². The summed E-state index contributed by atoms with van der Waals surface area (Å²) in [6.45, 7) is 3.86. The van der Waals surface area contributed by atoms with E-state index in [0.29, 0.717) is 0 Å². The second-order valence-electron chi connectivity index (χ2n) is 6.94. The first-order valence-electron chi connectivity index (χ1n) is 9.28. The second-order valence-corrected chi connectivity index (χ2v) is 6.94. The summed E-state index contributed by atoms with van der Waals surface area (Å²) in [7, 11) is 1.65. The fourth-order valence-corrected chi connectivity index (χ4v) is 3.30. The number of aryl methyl sites for hydroxylation is 1. The molecule has 1 aromatic heterocycles. The third kappa shape index (κ3) is 3.80. The van der Waals surface area contributed by atoms with Gasteiger partial charge in [0.15, 0.2) is 0 Å². The van der Waals surface area contributed by atoms with E-state index in [9.17, 15) is 4.79 Å². The van der Waals surface area contributed by atoms with Gasteiger partial charge in [-0.05, 0) is 76.5 Å². The molecule has 0 radical (unpaired) electrons. The van der Waals surface area contributed by atoms with Crippen LogP contribution in [0.5, 0.6) is 5.75 Å². The van der Waals surface area contributed by atoms with Gasteiger partial charge in [-0.25, -0.2) is 4.68 Å². The van der Waals surface area contributed by atoms with Crippen molar-refractivity contribution in [2.75, 3.05) is 12.4 Å². The Morgan fingerprint density at radius 1 is 1.07 bits per heavy atom. The number of tetrazole rings is 1. The highest BCUT2D eigenvalue weighted by atomic mass is 16.5. The normalized spacial score (nSPS) is 12.0. The van der Waals surface area contributed by atoms with Gasteiger partial charge in [0.1, 0.15) is 12.1 Å². The molecule has 4 rings (SSSR count). The van der Waals surface area contributed by atoms with Crippen LogP contribution in [0.15, 0.2) is 60.9 Å². The lowest BCUT2D eigenvalue weighted by Gasteiger charge is -2.15. The van der Waals surface area contributed by atoms with Gasteiger partial charge in [0.25, 0.3) is 0 Å². The number of hydrogen-bond donors (Lipinski definition) is 1. The van der Waals surface area contributed by atoms with Gasteiger partial charge in [-0.3, -0.25) is 4.79 Å². The first kappa shape index (κ1) is 18.6. The molecule has 0 aliphatic carbocycles. The molecule has 3 aromatic carbocycles. The number of aromatic nitrogens is 4. The quantitative estimate of drug-likeness (QED) is 0.562. The average Bonchev–Trinajstić information content (AvgIpc) is 3.27. The average molecular weight is 387 g/mol. The number of nitrogens with zero attached hydrogens (tertiary/aromatic N) is 4. The number of ether oxygens (including phenoxy) is 1. The van der Waals surface area contributed by atoms with Gasteiger partial charge in [-0.1, -0.05) is 24.3 Å². The van der Waals surface area contributed by atoms with E-state index in [1.807, 2.05) is 68.4 Å². The molecule has 7 heteroatoms. The fourth-order valence-electron chi connectivity index (χ4n) is 3.30. The highest BCUT2D eigenvalue weighted by Gasteiger charge is 2.16. The summed E-state index contributed by atoms with van der Waals surface area (Å²) in [5.74, 6) is 0.463. The van der Waals surface area contributed by atoms with Crippen LogP contribution in [-0.4, -0.2) is 33.2 Å². The van der Waals surface area contributed by atoms with Crippen LogP contribution in [0.1, 0.15) is 24.0 Å². The van der Waals surface area contributed by atoms with Crippen molar-refractivity contribution in [2.24, 2.45) is 0 Å². The van der Waals surface area contributed by atoms with Crippen molar-refractivity contribution in [3.63, 3.8) is 0 Å². The third-order valence-corrected chi connectivity index (χ3v) is 5.02. The van der Waals surface area contributed by atoms with Crippen LogP contribution >= 0.6 is 0 Å². The van der Waals surface area contributed by atoms with Crippen LogP contribution in [0.2, 0.25) is 0 Å². The molecule has 0 bridgehead atoms. The summed E-state index contributed by atoms with van der Waals surface area (Å²) >= 11 is 0. The number of benzene rings is 3. The molecule has 146 valence electrons. The first-order chi connectivity index (χ1) is 14.0. The standard InChI is InChI=1S/C22H21N5O2/c1-14-10-19(7-9-21(14)27-13-23-25-26-27)24-22(28)15(2)16-4-5-18-12-20(29-3)8-6-17(18)11-16/h4-13,15H,1-3H3,(H,24,28)/t15-/m1/s1. The van der Waals surface area contributed by atoms with Gasteiger partial charge in [0, 0.05) is 5.69 Å². The van der Waals surface area contributed by atoms with Crippen molar-refractivity contribution < 1.29 is 9.53 Å². The molecule has 1 amide bonds. The topological polar surface area (TPSA) is 81.9 Å². The number of amides is 1. The number of hydrogen-bond acceptors (Lipinski definition) is 5. The number of carbonyl (C=O) groups excluding carboxylic acids is 1. The van der Waals surface area contributed by atoms with Crippen LogP contribution in [0.4, 0.5) is 5.69 Å². The van der Waals surface area contributed by atoms with Crippen LogP contribution < -0.4 is 10.1 Å². The molecular formula is C22H21N5O2. The molecule has 0 unspecified atom stereocenters. The number of rotatable bonds is 5. The molecule has 7 nitrogen and oxygen atoms in total. The van der Waals surface area contributed by atoms with E-state index in [4.69, 9.17) is 4.74 Å². The fraction of sp³-hybridized carbons (Fsp3) is 0.182. The maximum Gasteiger partial charge on any atom is 0.231 e. The van der Waals surface area contributed by atoms with Crippen molar-refractivity contribution in [3.05, 3.63) is 72.1 Å². The van der Waals surface area contributed by atoms with E-state index in [-0.39, 0.29) is 11.8 Å². The molecule has 0 aliphatic rings.